The lowest BCUT2D eigenvalue weighted by atomic mass is 10.1. The van der Waals surface area contributed by atoms with Crippen LogP contribution in [-0.4, -0.2) is 67.1 Å². The molecule has 1 aromatic carbocycles. The van der Waals surface area contributed by atoms with E-state index in [1.54, 1.807) is 6.07 Å². The van der Waals surface area contributed by atoms with Gasteiger partial charge in [0, 0.05) is 56.4 Å². The second-order valence-corrected chi connectivity index (χ2v) is 10.5. The van der Waals surface area contributed by atoms with Gasteiger partial charge in [-0.25, -0.2) is 13.4 Å². The van der Waals surface area contributed by atoms with Gasteiger partial charge < -0.3 is 14.3 Å². The van der Waals surface area contributed by atoms with E-state index in [4.69, 9.17) is 9.51 Å². The Morgan fingerprint density at radius 1 is 0.938 bits per heavy atom. The molecule has 32 heavy (non-hydrogen) atoms. The molecule has 0 bridgehead atoms. The fraction of sp³-hybridized carbons (Fsp3) is 0.500. The van der Waals surface area contributed by atoms with E-state index in [1.165, 1.54) is 23.6 Å². The normalized spacial score (nSPS) is 18.4. The predicted octanol–water partition coefficient (Wildman–Crippen LogP) is 2.57. The van der Waals surface area contributed by atoms with Crippen LogP contribution in [0.15, 0.2) is 34.9 Å². The zero-order valence-electron chi connectivity index (χ0n) is 18.3. The summed E-state index contributed by atoms with van der Waals surface area (Å²) in [7, 11) is -3.50. The summed E-state index contributed by atoms with van der Waals surface area (Å²) in [6.45, 7) is 5.95. The molecule has 2 aliphatic heterocycles. The van der Waals surface area contributed by atoms with Gasteiger partial charge in [0.25, 0.3) is 0 Å². The zero-order valence-corrected chi connectivity index (χ0v) is 19.1. The van der Waals surface area contributed by atoms with Gasteiger partial charge >= 0.3 is 0 Å². The highest BCUT2D eigenvalue weighted by atomic mass is 32.2. The Morgan fingerprint density at radius 3 is 2.47 bits per heavy atom. The third-order valence-electron chi connectivity index (χ3n) is 6.20. The lowest BCUT2D eigenvalue weighted by Crippen LogP contribution is -2.49. The lowest BCUT2D eigenvalue weighted by Gasteiger charge is -2.35. The summed E-state index contributed by atoms with van der Waals surface area (Å²) in [5.41, 5.74) is 1.99. The fourth-order valence-corrected chi connectivity index (χ4v) is 5.89. The minimum Gasteiger partial charge on any atom is -0.356 e. The average Bonchev–Trinajstić information content (AvgIpc) is 3.21. The molecule has 0 spiro atoms. The van der Waals surface area contributed by atoms with Gasteiger partial charge in [0.05, 0.1) is 0 Å². The summed E-state index contributed by atoms with van der Waals surface area (Å²) in [5, 5.41) is 4.73. The van der Waals surface area contributed by atoms with E-state index in [1.807, 2.05) is 31.2 Å². The van der Waals surface area contributed by atoms with Gasteiger partial charge in [0.1, 0.15) is 17.3 Å². The number of sulfonamides is 1. The predicted molar refractivity (Wildman–Crippen MR) is 123 cm³/mol. The summed E-state index contributed by atoms with van der Waals surface area (Å²) < 4.78 is 32.9. The third kappa shape index (κ3) is 4.29. The third-order valence-corrected chi connectivity index (χ3v) is 7.99. The lowest BCUT2D eigenvalue weighted by molar-refractivity contribution is 0.380. The maximum Gasteiger partial charge on any atom is 0.227 e. The van der Waals surface area contributed by atoms with E-state index in [0.717, 1.165) is 30.0 Å². The SMILES string of the molecule is Cc1cc(N2CCCCC2)nc(N2CCN(S(=O)(=O)Cc3noc4ccccc34)CC2)n1. The van der Waals surface area contributed by atoms with Gasteiger partial charge in [-0.3, -0.25) is 0 Å². The van der Waals surface area contributed by atoms with E-state index >= 15 is 0 Å². The molecule has 5 rings (SSSR count). The molecule has 0 atom stereocenters. The molecular weight excluding hydrogens is 428 g/mol. The molecule has 170 valence electrons. The number of piperazine rings is 1. The molecule has 0 saturated carbocycles. The van der Waals surface area contributed by atoms with E-state index in [2.05, 4.69) is 19.9 Å². The molecule has 4 heterocycles. The molecule has 0 N–H and O–H groups in total. The number of fused-ring (bicyclic) bond motifs is 1. The van der Waals surface area contributed by atoms with Crippen molar-refractivity contribution in [2.24, 2.45) is 0 Å². The molecule has 9 nitrogen and oxygen atoms in total. The van der Waals surface area contributed by atoms with Crippen LogP contribution < -0.4 is 9.80 Å². The van der Waals surface area contributed by atoms with Crippen LogP contribution in [0.5, 0.6) is 0 Å². The smallest absolute Gasteiger partial charge is 0.227 e. The highest BCUT2D eigenvalue weighted by Gasteiger charge is 2.30. The summed E-state index contributed by atoms with van der Waals surface area (Å²) in [4.78, 5) is 13.9. The highest BCUT2D eigenvalue weighted by molar-refractivity contribution is 7.88. The van der Waals surface area contributed by atoms with Crippen LogP contribution in [0.1, 0.15) is 30.7 Å². The average molecular weight is 457 g/mol. The number of nitrogens with zero attached hydrogens (tertiary/aromatic N) is 6. The topological polar surface area (TPSA) is 95.7 Å². The van der Waals surface area contributed by atoms with Crippen LogP contribution in [0.2, 0.25) is 0 Å². The molecule has 3 aromatic rings. The number of piperidine rings is 1. The first-order valence-electron chi connectivity index (χ1n) is 11.2. The fourth-order valence-electron chi connectivity index (χ4n) is 4.44. The number of aromatic nitrogens is 3. The summed E-state index contributed by atoms with van der Waals surface area (Å²) in [6, 6.07) is 9.36. The van der Waals surface area contributed by atoms with Crippen molar-refractivity contribution >= 4 is 32.8 Å². The van der Waals surface area contributed by atoms with Crippen LogP contribution >= 0.6 is 0 Å². The van der Waals surface area contributed by atoms with Gasteiger partial charge in [-0.2, -0.15) is 9.29 Å². The number of hydrogen-bond donors (Lipinski definition) is 0. The minimum atomic E-state index is -3.50. The number of hydrogen-bond acceptors (Lipinski definition) is 8. The van der Waals surface area contributed by atoms with Gasteiger partial charge in [-0.1, -0.05) is 17.3 Å². The summed E-state index contributed by atoms with van der Waals surface area (Å²) in [5.74, 6) is 1.50. The van der Waals surface area contributed by atoms with E-state index in [-0.39, 0.29) is 5.75 Å². The molecule has 0 radical (unpaired) electrons. The Labute approximate surface area is 188 Å². The van der Waals surface area contributed by atoms with Crippen molar-refractivity contribution in [2.45, 2.75) is 31.9 Å². The van der Waals surface area contributed by atoms with Crippen LogP contribution in [-0.2, 0) is 15.8 Å². The minimum absolute atomic E-state index is 0.163. The maximum absolute atomic E-state index is 13.0. The second kappa shape index (κ2) is 8.67. The van der Waals surface area contributed by atoms with Crippen molar-refractivity contribution in [2.75, 3.05) is 49.1 Å². The Hall–Kier alpha value is -2.72. The first-order chi connectivity index (χ1) is 15.5. The summed E-state index contributed by atoms with van der Waals surface area (Å²) >= 11 is 0. The van der Waals surface area contributed by atoms with E-state index < -0.39 is 10.0 Å². The van der Waals surface area contributed by atoms with Crippen molar-refractivity contribution in [3.05, 3.63) is 41.7 Å². The van der Waals surface area contributed by atoms with Crippen molar-refractivity contribution in [1.82, 2.24) is 19.4 Å². The first kappa shape index (κ1) is 21.1. The van der Waals surface area contributed by atoms with Crippen LogP contribution in [0.4, 0.5) is 11.8 Å². The quantitative estimate of drug-likeness (QED) is 0.578. The van der Waals surface area contributed by atoms with E-state index in [9.17, 15) is 8.42 Å². The molecule has 2 aliphatic rings. The van der Waals surface area contributed by atoms with Crippen LogP contribution in [0.25, 0.3) is 11.0 Å². The second-order valence-electron chi connectivity index (χ2n) is 8.48. The Bertz CT molecular complexity index is 1200. The van der Waals surface area contributed by atoms with E-state index in [0.29, 0.717) is 43.4 Å². The van der Waals surface area contributed by atoms with Gasteiger partial charge in [0.2, 0.25) is 16.0 Å². The number of benzene rings is 1. The maximum atomic E-state index is 13.0. The largest absolute Gasteiger partial charge is 0.356 e. The monoisotopic (exact) mass is 456 g/mol. The highest BCUT2D eigenvalue weighted by Crippen LogP contribution is 2.24. The first-order valence-corrected chi connectivity index (χ1v) is 12.8. The van der Waals surface area contributed by atoms with Crippen LogP contribution in [0, 0.1) is 6.92 Å². The van der Waals surface area contributed by atoms with Gasteiger partial charge in [0.15, 0.2) is 5.58 Å². The van der Waals surface area contributed by atoms with Crippen molar-refractivity contribution in [1.29, 1.82) is 0 Å². The number of para-hydroxylation sites is 1. The van der Waals surface area contributed by atoms with Crippen molar-refractivity contribution < 1.29 is 12.9 Å². The van der Waals surface area contributed by atoms with Crippen LogP contribution in [0.3, 0.4) is 0 Å². The molecule has 2 fully saturated rings. The Morgan fingerprint density at radius 2 is 1.69 bits per heavy atom. The number of anilines is 2. The summed E-state index contributed by atoms with van der Waals surface area (Å²) in [6.07, 6.45) is 3.65. The molecule has 0 amide bonds. The molecule has 0 unspecified atom stereocenters. The van der Waals surface area contributed by atoms with Crippen molar-refractivity contribution in [3.63, 3.8) is 0 Å². The Balaban J connectivity index is 1.27. The Kier molecular flexibility index (Phi) is 5.73. The molecule has 2 aromatic heterocycles. The number of aryl methyl sites for hydroxylation is 1. The zero-order chi connectivity index (χ0) is 22.1. The molecular formula is C22H28N6O3S. The molecule has 0 aliphatic carbocycles. The molecule has 10 heteroatoms. The van der Waals surface area contributed by atoms with Gasteiger partial charge in [-0.05, 0) is 38.3 Å². The van der Waals surface area contributed by atoms with Crippen molar-refractivity contribution in [3.8, 4) is 0 Å². The standard InChI is InChI=1S/C22H28N6O3S/c1-17-15-21(26-9-5-2-6-10-26)24-22(23-17)27-11-13-28(14-12-27)32(29,30)16-19-18-7-3-4-8-20(18)31-25-19/h3-4,7-8,15H,2,5-6,9-14,16H2,1H3. The van der Waals surface area contributed by atoms with Gasteiger partial charge in [-0.15, -0.1) is 0 Å². The number of rotatable bonds is 5. The molecule has 2 saturated heterocycles.